The Labute approximate surface area is 110 Å². The summed E-state index contributed by atoms with van der Waals surface area (Å²) in [7, 11) is 0. The van der Waals surface area contributed by atoms with Crippen LogP contribution in [0.15, 0.2) is 16.5 Å². The molecule has 0 aliphatic heterocycles. The predicted molar refractivity (Wildman–Crippen MR) is 73.9 cm³/mol. The van der Waals surface area contributed by atoms with E-state index in [1.165, 1.54) is 32.1 Å². The monoisotopic (exact) mass is 250 g/mol. The molecule has 1 unspecified atom stereocenters. The van der Waals surface area contributed by atoms with Crippen molar-refractivity contribution in [3.8, 4) is 0 Å². The first kappa shape index (κ1) is 13.6. The number of hydrazine groups is 1. The van der Waals surface area contributed by atoms with Crippen LogP contribution < -0.4 is 11.3 Å². The molecule has 1 aromatic rings. The fourth-order valence-electron chi connectivity index (χ4n) is 3.13. The number of hydrogen-bond donors (Lipinski definition) is 2. The van der Waals surface area contributed by atoms with Crippen LogP contribution in [0.2, 0.25) is 0 Å². The highest BCUT2D eigenvalue weighted by Gasteiger charge is 2.29. The Morgan fingerprint density at radius 1 is 1.28 bits per heavy atom. The van der Waals surface area contributed by atoms with E-state index < -0.39 is 0 Å². The molecule has 1 saturated carbocycles. The van der Waals surface area contributed by atoms with Gasteiger partial charge in [-0.05, 0) is 36.8 Å². The molecule has 0 spiro atoms. The van der Waals surface area contributed by atoms with Crippen LogP contribution in [0.25, 0.3) is 0 Å². The van der Waals surface area contributed by atoms with Crippen LogP contribution in [0.4, 0.5) is 0 Å². The molecular formula is C15H26N2O. The largest absolute Gasteiger partial charge is 0.464 e. The van der Waals surface area contributed by atoms with Crippen LogP contribution in [0.5, 0.6) is 0 Å². The van der Waals surface area contributed by atoms with Crippen molar-refractivity contribution in [2.24, 2.45) is 17.7 Å². The highest BCUT2D eigenvalue weighted by molar-refractivity contribution is 5.12. The van der Waals surface area contributed by atoms with Gasteiger partial charge >= 0.3 is 0 Å². The Hall–Kier alpha value is -0.800. The molecule has 1 atom stereocenters. The van der Waals surface area contributed by atoms with Crippen LogP contribution in [0.1, 0.15) is 63.5 Å². The van der Waals surface area contributed by atoms with E-state index >= 15 is 0 Å². The molecule has 102 valence electrons. The standard InChI is InChI=1S/C15H26N2O/c1-3-11-5-7-12(8-6-11)15(17-16)14-10-9-13(4-2)18-14/h9-12,15,17H,3-8,16H2,1-2H3. The molecule has 3 heteroatoms. The summed E-state index contributed by atoms with van der Waals surface area (Å²) in [5.74, 6) is 9.34. The summed E-state index contributed by atoms with van der Waals surface area (Å²) < 4.78 is 5.85. The number of nitrogens with one attached hydrogen (secondary N) is 1. The number of hydrogen-bond acceptors (Lipinski definition) is 3. The third-order valence-electron chi connectivity index (χ3n) is 4.46. The lowest BCUT2D eigenvalue weighted by Gasteiger charge is -2.32. The Morgan fingerprint density at radius 3 is 2.50 bits per heavy atom. The van der Waals surface area contributed by atoms with Crippen molar-refractivity contribution in [3.05, 3.63) is 23.7 Å². The van der Waals surface area contributed by atoms with Gasteiger partial charge in [-0.15, -0.1) is 0 Å². The van der Waals surface area contributed by atoms with E-state index in [-0.39, 0.29) is 6.04 Å². The number of aryl methyl sites for hydroxylation is 1. The maximum atomic E-state index is 5.85. The first-order chi connectivity index (χ1) is 8.78. The normalized spacial score (nSPS) is 26.2. The summed E-state index contributed by atoms with van der Waals surface area (Å²) in [6.45, 7) is 4.41. The summed E-state index contributed by atoms with van der Waals surface area (Å²) in [5.41, 5.74) is 2.96. The van der Waals surface area contributed by atoms with Crippen LogP contribution in [-0.4, -0.2) is 0 Å². The molecule has 0 radical (unpaired) electrons. The van der Waals surface area contributed by atoms with Gasteiger partial charge in [0.25, 0.3) is 0 Å². The first-order valence-corrected chi connectivity index (χ1v) is 7.33. The fraction of sp³-hybridized carbons (Fsp3) is 0.733. The lowest BCUT2D eigenvalue weighted by atomic mass is 9.77. The molecule has 0 bridgehead atoms. The molecular weight excluding hydrogens is 224 g/mol. The lowest BCUT2D eigenvalue weighted by molar-refractivity contribution is 0.201. The van der Waals surface area contributed by atoms with Crippen LogP contribution in [-0.2, 0) is 6.42 Å². The zero-order valence-electron chi connectivity index (χ0n) is 11.6. The fourth-order valence-corrected chi connectivity index (χ4v) is 3.13. The molecule has 1 aliphatic rings. The Morgan fingerprint density at radius 2 is 2.00 bits per heavy atom. The van der Waals surface area contributed by atoms with Gasteiger partial charge in [0.15, 0.2) is 0 Å². The average Bonchev–Trinajstić information content (AvgIpc) is 2.89. The summed E-state index contributed by atoms with van der Waals surface area (Å²) in [5, 5.41) is 0. The minimum Gasteiger partial charge on any atom is -0.464 e. The highest BCUT2D eigenvalue weighted by Crippen LogP contribution is 2.38. The first-order valence-electron chi connectivity index (χ1n) is 7.33. The smallest absolute Gasteiger partial charge is 0.122 e. The number of furan rings is 1. The maximum Gasteiger partial charge on any atom is 0.122 e. The molecule has 18 heavy (non-hydrogen) atoms. The predicted octanol–water partition coefficient (Wildman–Crippen LogP) is 3.56. The van der Waals surface area contributed by atoms with Crippen molar-refractivity contribution < 1.29 is 4.42 Å². The van der Waals surface area contributed by atoms with Crippen LogP contribution >= 0.6 is 0 Å². The van der Waals surface area contributed by atoms with Crippen molar-refractivity contribution in [1.29, 1.82) is 0 Å². The van der Waals surface area contributed by atoms with Crippen molar-refractivity contribution in [2.75, 3.05) is 0 Å². The van der Waals surface area contributed by atoms with Gasteiger partial charge in [0.2, 0.25) is 0 Å². The SMILES string of the molecule is CCc1ccc(C(NN)C2CCC(CC)CC2)o1. The lowest BCUT2D eigenvalue weighted by Crippen LogP contribution is -2.35. The topological polar surface area (TPSA) is 51.2 Å². The van der Waals surface area contributed by atoms with Gasteiger partial charge in [0.05, 0.1) is 6.04 Å². The second kappa shape index (κ2) is 6.39. The van der Waals surface area contributed by atoms with Gasteiger partial charge in [0.1, 0.15) is 11.5 Å². The second-order valence-electron chi connectivity index (χ2n) is 5.49. The molecule has 1 aliphatic carbocycles. The minimum atomic E-state index is 0.183. The molecule has 2 rings (SSSR count). The van der Waals surface area contributed by atoms with Gasteiger partial charge < -0.3 is 4.42 Å². The second-order valence-corrected chi connectivity index (χ2v) is 5.49. The summed E-state index contributed by atoms with van der Waals surface area (Å²) >= 11 is 0. The van der Waals surface area contributed by atoms with E-state index in [4.69, 9.17) is 10.3 Å². The summed E-state index contributed by atoms with van der Waals surface area (Å²) in [6, 6.07) is 4.33. The Balaban J connectivity index is 2.00. The third kappa shape index (κ3) is 2.96. The third-order valence-corrected chi connectivity index (χ3v) is 4.46. The minimum absolute atomic E-state index is 0.183. The maximum absolute atomic E-state index is 5.85. The molecule has 0 saturated heterocycles. The van der Waals surface area contributed by atoms with Crippen molar-refractivity contribution >= 4 is 0 Å². The molecule has 1 fully saturated rings. The zero-order chi connectivity index (χ0) is 13.0. The van der Waals surface area contributed by atoms with Crippen molar-refractivity contribution in [3.63, 3.8) is 0 Å². The molecule has 3 N–H and O–H groups in total. The van der Waals surface area contributed by atoms with Gasteiger partial charge in [-0.1, -0.05) is 33.1 Å². The van der Waals surface area contributed by atoms with Gasteiger partial charge in [-0.3, -0.25) is 5.84 Å². The van der Waals surface area contributed by atoms with Gasteiger partial charge in [-0.25, -0.2) is 5.43 Å². The van der Waals surface area contributed by atoms with E-state index in [9.17, 15) is 0 Å². The van der Waals surface area contributed by atoms with Gasteiger partial charge in [0, 0.05) is 6.42 Å². The molecule has 1 heterocycles. The molecule has 3 nitrogen and oxygen atoms in total. The average molecular weight is 250 g/mol. The van der Waals surface area contributed by atoms with E-state index in [0.717, 1.165) is 23.9 Å². The number of nitrogens with two attached hydrogens (primary N) is 1. The summed E-state index contributed by atoms with van der Waals surface area (Å²) in [6.07, 6.45) is 7.44. The van der Waals surface area contributed by atoms with Crippen LogP contribution in [0, 0.1) is 11.8 Å². The van der Waals surface area contributed by atoms with Crippen molar-refractivity contribution in [1.82, 2.24) is 5.43 Å². The quantitative estimate of drug-likeness (QED) is 0.620. The highest BCUT2D eigenvalue weighted by atomic mass is 16.3. The Bertz CT molecular complexity index is 353. The molecule has 0 amide bonds. The zero-order valence-corrected chi connectivity index (χ0v) is 11.6. The van der Waals surface area contributed by atoms with E-state index in [1.54, 1.807) is 0 Å². The van der Waals surface area contributed by atoms with E-state index in [0.29, 0.717) is 5.92 Å². The molecule has 0 aromatic carbocycles. The summed E-state index contributed by atoms with van der Waals surface area (Å²) in [4.78, 5) is 0. The number of rotatable bonds is 5. The van der Waals surface area contributed by atoms with Crippen molar-refractivity contribution in [2.45, 2.75) is 58.4 Å². The van der Waals surface area contributed by atoms with Gasteiger partial charge in [-0.2, -0.15) is 0 Å². The van der Waals surface area contributed by atoms with E-state index in [2.05, 4.69) is 31.4 Å². The Kier molecular flexibility index (Phi) is 4.84. The molecule has 1 aromatic heterocycles. The van der Waals surface area contributed by atoms with Crippen LogP contribution in [0.3, 0.4) is 0 Å². The van der Waals surface area contributed by atoms with E-state index in [1.807, 2.05) is 0 Å².